The van der Waals surface area contributed by atoms with Gasteiger partial charge in [0.1, 0.15) is 16.6 Å². The van der Waals surface area contributed by atoms with E-state index in [0.717, 1.165) is 30.8 Å². The van der Waals surface area contributed by atoms with Crippen LogP contribution in [0.4, 0.5) is 0 Å². The van der Waals surface area contributed by atoms with Crippen LogP contribution in [0, 0.1) is 4.64 Å². The molecule has 4 heteroatoms. The molecule has 3 nitrogen and oxygen atoms in total. The first-order valence-corrected chi connectivity index (χ1v) is 5.75. The summed E-state index contributed by atoms with van der Waals surface area (Å²) in [6.45, 7) is 4.22. The predicted molar refractivity (Wildman–Crippen MR) is 63.5 cm³/mol. The fourth-order valence-corrected chi connectivity index (χ4v) is 1.74. The molecule has 0 aliphatic rings. The van der Waals surface area contributed by atoms with Crippen molar-refractivity contribution >= 4 is 12.2 Å². The van der Waals surface area contributed by atoms with Crippen molar-refractivity contribution in [3.05, 3.63) is 22.2 Å². The van der Waals surface area contributed by atoms with Crippen molar-refractivity contribution in [2.45, 2.75) is 39.2 Å². The average Bonchev–Trinajstić information content (AvgIpc) is 2.24. The van der Waals surface area contributed by atoms with Gasteiger partial charge in [-0.05, 0) is 18.9 Å². The molecule has 0 aromatic carbocycles. The lowest BCUT2D eigenvalue weighted by atomic mass is 10.2. The minimum absolute atomic E-state index is 0.0307. The standard InChI is InChI=1S/C11H18N2OS/c1-4-6-9(14-3)11-12-8(5-2)7-10(15)13-11/h7,9H,4-6H2,1-3H3,(H,12,13,15). The molecular formula is C11H18N2OS. The first-order chi connectivity index (χ1) is 7.21. The molecule has 0 radical (unpaired) electrons. The summed E-state index contributed by atoms with van der Waals surface area (Å²) >= 11 is 5.12. The molecule has 0 saturated heterocycles. The Labute approximate surface area is 95.9 Å². The van der Waals surface area contributed by atoms with Crippen molar-refractivity contribution in [1.82, 2.24) is 9.97 Å². The number of methoxy groups -OCH3 is 1. The number of H-pyrrole nitrogens is 1. The predicted octanol–water partition coefficient (Wildman–Crippen LogP) is 3.19. The van der Waals surface area contributed by atoms with E-state index in [1.807, 2.05) is 6.07 Å². The van der Waals surface area contributed by atoms with Gasteiger partial charge in [0.15, 0.2) is 0 Å². The molecule has 0 amide bonds. The van der Waals surface area contributed by atoms with Gasteiger partial charge >= 0.3 is 0 Å². The zero-order chi connectivity index (χ0) is 11.3. The van der Waals surface area contributed by atoms with Gasteiger partial charge in [0, 0.05) is 12.8 Å². The van der Waals surface area contributed by atoms with Gasteiger partial charge in [-0.25, -0.2) is 4.98 Å². The molecule has 15 heavy (non-hydrogen) atoms. The normalized spacial score (nSPS) is 12.7. The summed E-state index contributed by atoms with van der Waals surface area (Å²) in [5, 5.41) is 0. The molecule has 1 rings (SSSR count). The number of ether oxygens (including phenoxy) is 1. The Kier molecular flexibility index (Phi) is 4.91. The molecule has 0 bridgehead atoms. The van der Waals surface area contributed by atoms with Gasteiger partial charge in [-0.1, -0.05) is 32.5 Å². The third kappa shape index (κ3) is 3.39. The molecule has 1 heterocycles. The molecule has 0 aliphatic carbocycles. The van der Waals surface area contributed by atoms with Gasteiger partial charge in [-0.3, -0.25) is 0 Å². The van der Waals surface area contributed by atoms with E-state index in [9.17, 15) is 0 Å². The van der Waals surface area contributed by atoms with Crippen LogP contribution in [0.1, 0.15) is 44.3 Å². The van der Waals surface area contributed by atoms with E-state index in [2.05, 4.69) is 23.8 Å². The van der Waals surface area contributed by atoms with Crippen LogP contribution in [-0.4, -0.2) is 17.1 Å². The van der Waals surface area contributed by atoms with Crippen molar-refractivity contribution < 1.29 is 4.74 Å². The molecule has 0 spiro atoms. The smallest absolute Gasteiger partial charge is 0.137 e. The molecule has 1 aromatic rings. The molecule has 84 valence electrons. The number of hydrogen-bond acceptors (Lipinski definition) is 3. The number of aryl methyl sites for hydroxylation is 1. The zero-order valence-corrected chi connectivity index (χ0v) is 10.4. The van der Waals surface area contributed by atoms with Crippen molar-refractivity contribution in [2.75, 3.05) is 7.11 Å². The summed E-state index contributed by atoms with van der Waals surface area (Å²) in [6, 6.07) is 1.90. The SMILES string of the molecule is CCCC(OC)c1nc(=S)cc(CC)[nH]1. The molecule has 0 aliphatic heterocycles. The summed E-state index contributed by atoms with van der Waals surface area (Å²) in [7, 11) is 1.71. The van der Waals surface area contributed by atoms with Gasteiger partial charge in [-0.2, -0.15) is 0 Å². The van der Waals surface area contributed by atoms with Crippen LogP contribution in [0.3, 0.4) is 0 Å². The number of aromatic amines is 1. The lowest BCUT2D eigenvalue weighted by Gasteiger charge is -2.14. The monoisotopic (exact) mass is 226 g/mol. The maximum atomic E-state index is 5.39. The highest BCUT2D eigenvalue weighted by Gasteiger charge is 2.11. The van der Waals surface area contributed by atoms with E-state index in [1.54, 1.807) is 7.11 Å². The number of nitrogens with one attached hydrogen (secondary N) is 1. The van der Waals surface area contributed by atoms with Crippen LogP contribution >= 0.6 is 12.2 Å². The Morgan fingerprint density at radius 1 is 1.53 bits per heavy atom. The van der Waals surface area contributed by atoms with Crippen LogP contribution in [0.5, 0.6) is 0 Å². The second kappa shape index (κ2) is 5.98. The third-order valence-corrected chi connectivity index (χ3v) is 2.55. The Bertz CT molecular complexity index is 362. The van der Waals surface area contributed by atoms with Crippen LogP contribution in [0.25, 0.3) is 0 Å². The molecule has 1 atom stereocenters. The Morgan fingerprint density at radius 3 is 2.80 bits per heavy atom. The van der Waals surface area contributed by atoms with Crippen molar-refractivity contribution in [3.63, 3.8) is 0 Å². The van der Waals surface area contributed by atoms with Gasteiger partial charge < -0.3 is 9.72 Å². The maximum Gasteiger partial charge on any atom is 0.137 e. The highest BCUT2D eigenvalue weighted by Crippen LogP contribution is 2.18. The molecule has 1 unspecified atom stereocenters. The van der Waals surface area contributed by atoms with Crippen molar-refractivity contribution in [3.8, 4) is 0 Å². The fraction of sp³-hybridized carbons (Fsp3) is 0.636. The third-order valence-electron chi connectivity index (χ3n) is 2.34. The maximum absolute atomic E-state index is 5.39. The molecule has 0 fully saturated rings. The lowest BCUT2D eigenvalue weighted by Crippen LogP contribution is -2.08. The first kappa shape index (κ1) is 12.3. The quantitative estimate of drug-likeness (QED) is 0.783. The van der Waals surface area contributed by atoms with Crippen LogP contribution in [-0.2, 0) is 11.2 Å². The average molecular weight is 226 g/mol. The van der Waals surface area contributed by atoms with Crippen molar-refractivity contribution in [1.29, 1.82) is 0 Å². The Morgan fingerprint density at radius 2 is 2.27 bits per heavy atom. The summed E-state index contributed by atoms with van der Waals surface area (Å²) in [4.78, 5) is 7.57. The largest absolute Gasteiger partial charge is 0.374 e. The van der Waals surface area contributed by atoms with Crippen LogP contribution in [0.2, 0.25) is 0 Å². The Balaban J connectivity index is 3.00. The second-order valence-electron chi connectivity index (χ2n) is 3.50. The summed E-state index contributed by atoms with van der Waals surface area (Å²) in [5.74, 6) is 0.851. The number of hydrogen-bond donors (Lipinski definition) is 1. The summed E-state index contributed by atoms with van der Waals surface area (Å²) in [6.07, 6.45) is 2.99. The van der Waals surface area contributed by atoms with Crippen LogP contribution < -0.4 is 0 Å². The second-order valence-corrected chi connectivity index (χ2v) is 3.91. The van der Waals surface area contributed by atoms with E-state index >= 15 is 0 Å². The number of rotatable bonds is 5. The van der Waals surface area contributed by atoms with Gasteiger partial charge in [0.25, 0.3) is 0 Å². The zero-order valence-electron chi connectivity index (χ0n) is 9.54. The van der Waals surface area contributed by atoms with Gasteiger partial charge in [0.05, 0.1) is 0 Å². The minimum atomic E-state index is 0.0307. The molecular weight excluding hydrogens is 208 g/mol. The van der Waals surface area contributed by atoms with E-state index in [-0.39, 0.29) is 6.10 Å². The minimum Gasteiger partial charge on any atom is -0.374 e. The summed E-state index contributed by atoms with van der Waals surface area (Å²) < 4.78 is 6.03. The van der Waals surface area contributed by atoms with Crippen molar-refractivity contribution in [2.24, 2.45) is 0 Å². The van der Waals surface area contributed by atoms with E-state index in [1.165, 1.54) is 0 Å². The van der Waals surface area contributed by atoms with E-state index in [4.69, 9.17) is 17.0 Å². The number of aromatic nitrogens is 2. The molecule has 1 N–H and O–H groups in total. The topological polar surface area (TPSA) is 37.9 Å². The van der Waals surface area contributed by atoms with Gasteiger partial charge in [-0.15, -0.1) is 0 Å². The molecule has 1 aromatic heterocycles. The van der Waals surface area contributed by atoms with Gasteiger partial charge in [0.2, 0.25) is 0 Å². The highest BCUT2D eigenvalue weighted by atomic mass is 32.1. The highest BCUT2D eigenvalue weighted by molar-refractivity contribution is 7.71. The first-order valence-electron chi connectivity index (χ1n) is 5.34. The molecule has 0 saturated carbocycles. The van der Waals surface area contributed by atoms with E-state index in [0.29, 0.717) is 4.64 Å². The Hall–Kier alpha value is -0.740. The number of nitrogens with zero attached hydrogens (tertiary/aromatic N) is 1. The summed E-state index contributed by atoms with van der Waals surface area (Å²) in [5.41, 5.74) is 1.11. The fourth-order valence-electron chi connectivity index (χ4n) is 1.50. The van der Waals surface area contributed by atoms with E-state index < -0.39 is 0 Å². The van der Waals surface area contributed by atoms with Crippen LogP contribution in [0.15, 0.2) is 6.07 Å². The lowest BCUT2D eigenvalue weighted by molar-refractivity contribution is 0.0873.